The van der Waals surface area contributed by atoms with Crippen molar-refractivity contribution in [3.8, 4) is 0 Å². The molecular formula is C10H19N3O. The van der Waals surface area contributed by atoms with Gasteiger partial charge >= 0.3 is 0 Å². The summed E-state index contributed by atoms with van der Waals surface area (Å²) in [6.07, 6.45) is 3.73. The molecule has 1 rings (SSSR count). The van der Waals surface area contributed by atoms with Gasteiger partial charge in [-0.05, 0) is 12.8 Å². The summed E-state index contributed by atoms with van der Waals surface area (Å²) in [5, 5.41) is 5.96. The van der Waals surface area contributed by atoms with Gasteiger partial charge in [-0.2, -0.15) is 0 Å². The Morgan fingerprint density at radius 2 is 1.86 bits per heavy atom. The summed E-state index contributed by atoms with van der Waals surface area (Å²) in [5.41, 5.74) is -0.404. The van der Waals surface area contributed by atoms with Crippen molar-refractivity contribution in [2.24, 2.45) is 4.99 Å². The standard InChI is InChI=1S/C10H19N3O/c1-4-6-10(7-5-2)8(14)12-9(11-3)13-10/h4-7H2,1-3H3,(H2,11,12,13,14). The lowest BCUT2D eigenvalue weighted by molar-refractivity contribution is -0.124. The van der Waals surface area contributed by atoms with Crippen LogP contribution in [0.3, 0.4) is 0 Å². The second kappa shape index (κ2) is 4.44. The first kappa shape index (κ1) is 11.0. The SMILES string of the molecule is CCCC1(CCC)NC(=NC)NC1=O. The Bertz CT molecular complexity index is 242. The maximum absolute atomic E-state index is 11.8. The zero-order valence-electron chi connectivity index (χ0n) is 9.18. The first-order chi connectivity index (χ1) is 6.68. The summed E-state index contributed by atoms with van der Waals surface area (Å²) in [6, 6.07) is 0. The van der Waals surface area contributed by atoms with E-state index in [0.717, 1.165) is 25.7 Å². The highest BCUT2D eigenvalue weighted by molar-refractivity contribution is 6.08. The van der Waals surface area contributed by atoms with Gasteiger partial charge in [-0.25, -0.2) is 0 Å². The molecule has 0 saturated carbocycles. The first-order valence-corrected chi connectivity index (χ1v) is 5.25. The molecule has 0 atom stereocenters. The van der Waals surface area contributed by atoms with Crippen LogP contribution in [-0.2, 0) is 4.79 Å². The van der Waals surface area contributed by atoms with Crippen molar-refractivity contribution in [2.45, 2.75) is 45.1 Å². The van der Waals surface area contributed by atoms with Gasteiger partial charge in [0.1, 0.15) is 5.54 Å². The number of nitrogens with zero attached hydrogens (tertiary/aromatic N) is 1. The van der Waals surface area contributed by atoms with Crippen molar-refractivity contribution in [2.75, 3.05) is 7.05 Å². The number of aliphatic imine (C=N–C) groups is 1. The molecule has 1 fully saturated rings. The zero-order chi connectivity index (χ0) is 10.6. The molecule has 4 heteroatoms. The Balaban J connectivity index is 2.82. The Morgan fingerprint density at radius 3 is 2.21 bits per heavy atom. The molecule has 0 bridgehead atoms. The van der Waals surface area contributed by atoms with E-state index in [9.17, 15) is 4.79 Å². The summed E-state index contributed by atoms with van der Waals surface area (Å²) < 4.78 is 0. The molecule has 80 valence electrons. The van der Waals surface area contributed by atoms with E-state index in [-0.39, 0.29) is 5.91 Å². The largest absolute Gasteiger partial charge is 0.342 e. The van der Waals surface area contributed by atoms with Crippen LogP contribution >= 0.6 is 0 Å². The quantitative estimate of drug-likeness (QED) is 0.707. The minimum Gasteiger partial charge on any atom is -0.342 e. The smallest absolute Gasteiger partial charge is 0.252 e. The molecule has 1 amide bonds. The van der Waals surface area contributed by atoms with Gasteiger partial charge in [0.25, 0.3) is 5.91 Å². The van der Waals surface area contributed by atoms with Gasteiger partial charge in [0, 0.05) is 7.05 Å². The lowest BCUT2D eigenvalue weighted by atomic mass is 9.89. The van der Waals surface area contributed by atoms with Crippen molar-refractivity contribution in [3.05, 3.63) is 0 Å². The number of guanidine groups is 1. The van der Waals surface area contributed by atoms with Crippen molar-refractivity contribution < 1.29 is 4.79 Å². The molecule has 0 unspecified atom stereocenters. The summed E-state index contributed by atoms with van der Waals surface area (Å²) in [4.78, 5) is 15.8. The lowest BCUT2D eigenvalue weighted by Gasteiger charge is -2.25. The molecule has 1 aliphatic heterocycles. The molecule has 2 N–H and O–H groups in total. The molecule has 0 aromatic heterocycles. The highest BCUT2D eigenvalue weighted by Crippen LogP contribution is 2.23. The Morgan fingerprint density at radius 1 is 1.29 bits per heavy atom. The van der Waals surface area contributed by atoms with E-state index < -0.39 is 5.54 Å². The normalized spacial score (nSPS) is 22.2. The summed E-state index contributed by atoms with van der Waals surface area (Å²) >= 11 is 0. The van der Waals surface area contributed by atoms with E-state index in [1.54, 1.807) is 7.05 Å². The second-order valence-corrected chi connectivity index (χ2v) is 3.73. The predicted octanol–water partition coefficient (Wildman–Crippen LogP) is 1.03. The van der Waals surface area contributed by atoms with Crippen molar-refractivity contribution in [1.82, 2.24) is 10.6 Å². The Hall–Kier alpha value is -1.06. The minimum absolute atomic E-state index is 0.0711. The van der Waals surface area contributed by atoms with Gasteiger partial charge in [0.05, 0.1) is 0 Å². The number of carbonyl (C=O) groups is 1. The maximum atomic E-state index is 11.8. The minimum atomic E-state index is -0.404. The van der Waals surface area contributed by atoms with Gasteiger partial charge in [-0.15, -0.1) is 0 Å². The maximum Gasteiger partial charge on any atom is 0.252 e. The van der Waals surface area contributed by atoms with Crippen molar-refractivity contribution in [3.63, 3.8) is 0 Å². The number of rotatable bonds is 4. The molecular weight excluding hydrogens is 178 g/mol. The van der Waals surface area contributed by atoms with Crippen LogP contribution in [0.5, 0.6) is 0 Å². The topological polar surface area (TPSA) is 53.5 Å². The average molecular weight is 197 g/mol. The van der Waals surface area contributed by atoms with E-state index in [4.69, 9.17) is 0 Å². The summed E-state index contributed by atoms with van der Waals surface area (Å²) in [6.45, 7) is 4.18. The third kappa shape index (κ3) is 1.89. The van der Waals surface area contributed by atoms with E-state index >= 15 is 0 Å². The van der Waals surface area contributed by atoms with E-state index in [1.165, 1.54) is 0 Å². The van der Waals surface area contributed by atoms with E-state index in [1.807, 2.05) is 0 Å². The fraction of sp³-hybridized carbons (Fsp3) is 0.800. The van der Waals surface area contributed by atoms with Crippen LogP contribution in [-0.4, -0.2) is 24.5 Å². The van der Waals surface area contributed by atoms with Crippen LogP contribution in [0.1, 0.15) is 39.5 Å². The number of hydrogen-bond donors (Lipinski definition) is 2. The van der Waals surface area contributed by atoms with Gasteiger partial charge in [0.15, 0.2) is 5.96 Å². The van der Waals surface area contributed by atoms with Crippen molar-refractivity contribution in [1.29, 1.82) is 0 Å². The molecule has 14 heavy (non-hydrogen) atoms. The van der Waals surface area contributed by atoms with Gasteiger partial charge in [-0.3, -0.25) is 15.1 Å². The van der Waals surface area contributed by atoms with E-state index in [0.29, 0.717) is 5.96 Å². The van der Waals surface area contributed by atoms with Crippen LogP contribution in [0.15, 0.2) is 4.99 Å². The van der Waals surface area contributed by atoms with Crippen LogP contribution in [0, 0.1) is 0 Å². The molecule has 0 radical (unpaired) electrons. The lowest BCUT2D eigenvalue weighted by Crippen LogP contribution is -2.46. The van der Waals surface area contributed by atoms with Gasteiger partial charge in [-0.1, -0.05) is 26.7 Å². The fourth-order valence-electron chi connectivity index (χ4n) is 1.98. The predicted molar refractivity (Wildman–Crippen MR) is 57.2 cm³/mol. The third-order valence-electron chi connectivity index (χ3n) is 2.60. The zero-order valence-corrected chi connectivity index (χ0v) is 9.18. The number of hydrogen-bond acceptors (Lipinski definition) is 2. The average Bonchev–Trinajstić information content (AvgIpc) is 2.45. The molecule has 0 spiro atoms. The van der Waals surface area contributed by atoms with Crippen LogP contribution in [0.4, 0.5) is 0 Å². The van der Waals surface area contributed by atoms with Crippen LogP contribution in [0.2, 0.25) is 0 Å². The first-order valence-electron chi connectivity index (χ1n) is 5.25. The number of amides is 1. The Labute approximate surface area is 85.2 Å². The summed E-state index contributed by atoms with van der Waals surface area (Å²) in [7, 11) is 1.68. The monoisotopic (exact) mass is 197 g/mol. The molecule has 0 aliphatic carbocycles. The molecule has 1 heterocycles. The summed E-state index contributed by atoms with van der Waals surface area (Å²) in [5.74, 6) is 0.679. The molecule has 0 aromatic rings. The number of nitrogens with one attached hydrogen (secondary N) is 2. The van der Waals surface area contributed by atoms with Gasteiger partial charge < -0.3 is 5.32 Å². The van der Waals surface area contributed by atoms with Crippen LogP contribution in [0.25, 0.3) is 0 Å². The molecule has 1 saturated heterocycles. The van der Waals surface area contributed by atoms with Gasteiger partial charge in [0.2, 0.25) is 0 Å². The second-order valence-electron chi connectivity index (χ2n) is 3.73. The Kier molecular flexibility index (Phi) is 3.49. The number of carbonyl (C=O) groups excluding carboxylic acids is 1. The van der Waals surface area contributed by atoms with Crippen LogP contribution < -0.4 is 10.6 Å². The molecule has 4 nitrogen and oxygen atoms in total. The highest BCUT2D eigenvalue weighted by atomic mass is 16.2. The molecule has 0 aromatic carbocycles. The third-order valence-corrected chi connectivity index (χ3v) is 2.60. The highest BCUT2D eigenvalue weighted by Gasteiger charge is 2.42. The molecule has 1 aliphatic rings. The van der Waals surface area contributed by atoms with E-state index in [2.05, 4.69) is 29.5 Å². The fourth-order valence-corrected chi connectivity index (χ4v) is 1.98. The van der Waals surface area contributed by atoms with Crippen molar-refractivity contribution >= 4 is 11.9 Å².